The molecule has 0 unspecified atom stereocenters. The predicted molar refractivity (Wildman–Crippen MR) is 62.9 cm³/mol. The van der Waals surface area contributed by atoms with E-state index in [2.05, 4.69) is 9.97 Å². The summed E-state index contributed by atoms with van der Waals surface area (Å²) in [5, 5.41) is 0.387. The standard InChI is InChI=1S/C10H14N2O4S/c1-3-16-9(14)6-17-10-11-7(5-15-2)4-8(13)12-10/h4H,3,5-6H2,1-2H3,(H,11,12,13). The van der Waals surface area contributed by atoms with E-state index in [4.69, 9.17) is 9.47 Å². The number of esters is 1. The molecule has 0 aromatic carbocycles. The number of nitrogens with zero attached hydrogens (tertiary/aromatic N) is 1. The van der Waals surface area contributed by atoms with Crippen molar-refractivity contribution in [2.45, 2.75) is 18.7 Å². The fraction of sp³-hybridized carbons (Fsp3) is 0.500. The van der Waals surface area contributed by atoms with E-state index in [0.717, 1.165) is 11.8 Å². The Labute approximate surface area is 103 Å². The van der Waals surface area contributed by atoms with Gasteiger partial charge in [-0.15, -0.1) is 0 Å². The van der Waals surface area contributed by atoms with Gasteiger partial charge < -0.3 is 14.5 Å². The van der Waals surface area contributed by atoms with Crippen LogP contribution in [0.15, 0.2) is 16.0 Å². The van der Waals surface area contributed by atoms with Gasteiger partial charge in [-0.25, -0.2) is 4.98 Å². The number of nitrogens with one attached hydrogen (secondary N) is 1. The van der Waals surface area contributed by atoms with Crippen LogP contribution in [0.2, 0.25) is 0 Å². The second-order valence-corrected chi connectivity index (χ2v) is 4.03. The number of hydrogen-bond donors (Lipinski definition) is 1. The van der Waals surface area contributed by atoms with Gasteiger partial charge in [0.2, 0.25) is 0 Å². The quantitative estimate of drug-likeness (QED) is 0.456. The minimum absolute atomic E-state index is 0.118. The summed E-state index contributed by atoms with van der Waals surface area (Å²) in [5.74, 6) is -0.218. The highest BCUT2D eigenvalue weighted by Crippen LogP contribution is 2.11. The molecule has 0 aliphatic heterocycles. The van der Waals surface area contributed by atoms with Crippen LogP contribution in [0.3, 0.4) is 0 Å². The number of rotatable bonds is 6. The molecule has 0 radical (unpaired) electrons. The normalized spacial score (nSPS) is 10.2. The average molecular weight is 258 g/mol. The van der Waals surface area contributed by atoms with E-state index < -0.39 is 0 Å². The van der Waals surface area contributed by atoms with Gasteiger partial charge in [0.05, 0.1) is 24.7 Å². The monoisotopic (exact) mass is 258 g/mol. The highest BCUT2D eigenvalue weighted by atomic mass is 32.2. The third kappa shape index (κ3) is 5.01. The molecule has 0 bridgehead atoms. The van der Waals surface area contributed by atoms with E-state index in [-0.39, 0.29) is 23.9 Å². The van der Waals surface area contributed by atoms with Gasteiger partial charge >= 0.3 is 5.97 Å². The van der Waals surface area contributed by atoms with Crippen molar-refractivity contribution in [1.29, 1.82) is 0 Å². The first-order valence-corrected chi connectivity index (χ1v) is 6.02. The third-order valence-electron chi connectivity index (χ3n) is 1.70. The summed E-state index contributed by atoms with van der Waals surface area (Å²) in [6, 6.07) is 1.36. The van der Waals surface area contributed by atoms with Crippen molar-refractivity contribution in [2.75, 3.05) is 19.5 Å². The molecule has 0 saturated heterocycles. The molecule has 0 spiro atoms. The molecule has 0 aliphatic rings. The highest BCUT2D eigenvalue weighted by Gasteiger charge is 2.06. The first-order valence-electron chi connectivity index (χ1n) is 5.03. The van der Waals surface area contributed by atoms with E-state index in [9.17, 15) is 9.59 Å². The van der Waals surface area contributed by atoms with Gasteiger partial charge in [-0.05, 0) is 6.92 Å². The number of ether oxygens (including phenoxy) is 2. The number of carbonyl (C=O) groups excluding carboxylic acids is 1. The molecule has 94 valence electrons. The van der Waals surface area contributed by atoms with Gasteiger partial charge in [-0.1, -0.05) is 11.8 Å². The van der Waals surface area contributed by atoms with E-state index >= 15 is 0 Å². The van der Waals surface area contributed by atoms with Gasteiger partial charge in [0.25, 0.3) is 5.56 Å². The molecular weight excluding hydrogens is 244 g/mol. The maximum atomic E-state index is 11.3. The van der Waals surface area contributed by atoms with Crippen LogP contribution in [0.25, 0.3) is 0 Å². The van der Waals surface area contributed by atoms with Crippen LogP contribution in [0, 0.1) is 0 Å². The molecule has 6 nitrogen and oxygen atoms in total. The van der Waals surface area contributed by atoms with Gasteiger partial charge in [0.15, 0.2) is 5.16 Å². The average Bonchev–Trinajstić information content (AvgIpc) is 2.26. The molecule has 0 atom stereocenters. The molecule has 1 rings (SSSR count). The largest absolute Gasteiger partial charge is 0.465 e. The van der Waals surface area contributed by atoms with Crippen molar-refractivity contribution in [3.8, 4) is 0 Å². The lowest BCUT2D eigenvalue weighted by Crippen LogP contribution is -2.12. The van der Waals surface area contributed by atoms with Gasteiger partial charge in [-0.2, -0.15) is 0 Å². The Morgan fingerprint density at radius 3 is 3.00 bits per heavy atom. The SMILES string of the molecule is CCOC(=O)CSc1nc(COC)cc(=O)[nH]1. The maximum Gasteiger partial charge on any atom is 0.316 e. The summed E-state index contributed by atoms with van der Waals surface area (Å²) in [6.07, 6.45) is 0. The molecule has 0 fully saturated rings. The number of methoxy groups -OCH3 is 1. The number of hydrogen-bond acceptors (Lipinski definition) is 6. The summed E-state index contributed by atoms with van der Waals surface area (Å²) in [6.45, 7) is 2.34. The minimum Gasteiger partial charge on any atom is -0.465 e. The van der Waals surface area contributed by atoms with Crippen molar-refractivity contribution in [2.24, 2.45) is 0 Å². The lowest BCUT2D eigenvalue weighted by molar-refractivity contribution is -0.139. The zero-order valence-corrected chi connectivity index (χ0v) is 10.5. The van der Waals surface area contributed by atoms with Crippen molar-refractivity contribution in [3.63, 3.8) is 0 Å². The molecule has 1 aromatic rings. The molecule has 1 aromatic heterocycles. The predicted octanol–water partition coefficient (Wildman–Crippen LogP) is 0.571. The van der Waals surface area contributed by atoms with Gasteiger partial charge in [0, 0.05) is 13.2 Å². The second kappa shape index (κ2) is 7.08. The Hall–Kier alpha value is -1.34. The van der Waals surface area contributed by atoms with E-state index in [1.54, 1.807) is 6.92 Å². The zero-order chi connectivity index (χ0) is 12.7. The van der Waals surface area contributed by atoms with Crippen LogP contribution in [0.1, 0.15) is 12.6 Å². The molecule has 0 aliphatic carbocycles. The first-order chi connectivity index (χ1) is 8.15. The van der Waals surface area contributed by atoms with Crippen LogP contribution >= 0.6 is 11.8 Å². The van der Waals surface area contributed by atoms with Crippen LogP contribution < -0.4 is 5.56 Å². The first kappa shape index (κ1) is 13.7. The lowest BCUT2D eigenvalue weighted by atomic mass is 10.4. The van der Waals surface area contributed by atoms with Crippen LogP contribution in [-0.2, 0) is 20.9 Å². The van der Waals surface area contributed by atoms with Crippen molar-refractivity contribution in [1.82, 2.24) is 9.97 Å². The number of aromatic nitrogens is 2. The molecule has 1 heterocycles. The summed E-state index contributed by atoms with van der Waals surface area (Å²) in [5.41, 5.74) is 0.265. The lowest BCUT2D eigenvalue weighted by Gasteiger charge is -2.03. The van der Waals surface area contributed by atoms with Crippen LogP contribution in [0.5, 0.6) is 0 Å². The Morgan fingerprint density at radius 2 is 2.35 bits per heavy atom. The van der Waals surface area contributed by atoms with E-state index in [1.807, 2.05) is 0 Å². The number of thioether (sulfide) groups is 1. The molecule has 17 heavy (non-hydrogen) atoms. The van der Waals surface area contributed by atoms with E-state index in [0.29, 0.717) is 17.5 Å². The topological polar surface area (TPSA) is 81.3 Å². The Kier molecular flexibility index (Phi) is 5.71. The van der Waals surface area contributed by atoms with Crippen molar-refractivity contribution in [3.05, 3.63) is 22.1 Å². The van der Waals surface area contributed by atoms with Crippen molar-refractivity contribution < 1.29 is 14.3 Å². The molecule has 1 N–H and O–H groups in total. The molecule has 0 amide bonds. The zero-order valence-electron chi connectivity index (χ0n) is 9.69. The molecule has 7 heteroatoms. The fourth-order valence-corrected chi connectivity index (χ4v) is 1.80. The Bertz CT molecular complexity index is 433. The van der Waals surface area contributed by atoms with Gasteiger partial charge in [0.1, 0.15) is 0 Å². The van der Waals surface area contributed by atoms with Gasteiger partial charge in [-0.3, -0.25) is 9.59 Å². The van der Waals surface area contributed by atoms with Crippen molar-refractivity contribution >= 4 is 17.7 Å². The Morgan fingerprint density at radius 1 is 1.59 bits per heavy atom. The summed E-state index contributed by atoms with van der Waals surface area (Å²) >= 11 is 1.13. The van der Waals surface area contributed by atoms with E-state index in [1.165, 1.54) is 13.2 Å². The molecular formula is C10H14N2O4S. The summed E-state index contributed by atoms with van der Waals surface area (Å²) in [7, 11) is 1.52. The smallest absolute Gasteiger partial charge is 0.316 e. The number of carbonyl (C=O) groups is 1. The maximum absolute atomic E-state index is 11.3. The number of H-pyrrole nitrogens is 1. The summed E-state index contributed by atoms with van der Waals surface area (Å²) < 4.78 is 9.65. The number of aromatic amines is 1. The Balaban J connectivity index is 2.64. The highest BCUT2D eigenvalue weighted by molar-refractivity contribution is 7.99. The minimum atomic E-state index is -0.336. The second-order valence-electron chi connectivity index (χ2n) is 3.07. The molecule has 0 saturated carbocycles. The summed E-state index contributed by atoms with van der Waals surface area (Å²) in [4.78, 5) is 29.1. The van der Waals surface area contributed by atoms with Crippen LogP contribution in [-0.4, -0.2) is 35.4 Å². The van der Waals surface area contributed by atoms with Crippen LogP contribution in [0.4, 0.5) is 0 Å². The third-order valence-corrected chi connectivity index (χ3v) is 2.54. The fourth-order valence-electron chi connectivity index (χ4n) is 1.10.